The lowest BCUT2D eigenvalue weighted by atomic mass is 9.94. The second-order valence-corrected chi connectivity index (χ2v) is 5.06. The minimum Gasteiger partial charge on any atom is -0.478 e. The van der Waals surface area contributed by atoms with Crippen LogP contribution in [0.5, 0.6) is 0 Å². The van der Waals surface area contributed by atoms with Crippen molar-refractivity contribution in [3.05, 3.63) is 11.8 Å². The highest BCUT2D eigenvalue weighted by molar-refractivity contribution is 5.85. The number of rotatable bonds is 4. The number of cyclic esters (lactones) is 2. The summed E-state index contributed by atoms with van der Waals surface area (Å²) >= 11 is 0. The minimum absolute atomic E-state index is 0.00423. The van der Waals surface area contributed by atoms with Gasteiger partial charge in [-0.15, -0.1) is 0 Å². The molecule has 0 bridgehead atoms. The number of nitrogens with zero attached hydrogens (tertiary/aromatic N) is 1. The first kappa shape index (κ1) is 14.6. The molecule has 0 aliphatic carbocycles. The highest BCUT2D eigenvalue weighted by Crippen LogP contribution is 2.32. The maximum atomic E-state index is 11.2. The van der Waals surface area contributed by atoms with E-state index in [9.17, 15) is 9.59 Å². The zero-order valence-electron chi connectivity index (χ0n) is 11.9. The molecule has 3 aliphatic heterocycles. The molecule has 9 nitrogen and oxygen atoms in total. The van der Waals surface area contributed by atoms with Crippen molar-refractivity contribution in [3.8, 4) is 0 Å². The fourth-order valence-corrected chi connectivity index (χ4v) is 2.76. The van der Waals surface area contributed by atoms with E-state index in [0.29, 0.717) is 5.90 Å². The summed E-state index contributed by atoms with van der Waals surface area (Å²) in [4.78, 5) is 26.6. The second kappa shape index (κ2) is 5.48. The Hall–Kier alpha value is -2.29. The number of hydrogen-bond acceptors (Lipinski definition) is 8. The summed E-state index contributed by atoms with van der Waals surface area (Å²) in [5.74, 6) is -1.03. The van der Waals surface area contributed by atoms with E-state index in [0.717, 1.165) is 0 Å². The third-order valence-corrected chi connectivity index (χ3v) is 3.68. The van der Waals surface area contributed by atoms with Gasteiger partial charge in [0, 0.05) is 20.1 Å². The van der Waals surface area contributed by atoms with Crippen LogP contribution in [-0.2, 0) is 28.5 Å². The number of aliphatic imine (C=N–C) groups is 1. The van der Waals surface area contributed by atoms with Crippen molar-refractivity contribution in [3.63, 3.8) is 0 Å². The van der Waals surface area contributed by atoms with Crippen LogP contribution in [0.2, 0.25) is 0 Å². The maximum Gasteiger partial charge on any atom is 0.508 e. The summed E-state index contributed by atoms with van der Waals surface area (Å²) in [6.07, 6.45) is -2.19. The van der Waals surface area contributed by atoms with Gasteiger partial charge in [-0.1, -0.05) is 0 Å². The summed E-state index contributed by atoms with van der Waals surface area (Å²) in [6, 6.07) is -0.479. The predicted octanol–water partition coefficient (Wildman–Crippen LogP) is 0.0899. The van der Waals surface area contributed by atoms with Crippen molar-refractivity contribution in [1.29, 1.82) is 0 Å². The van der Waals surface area contributed by atoms with E-state index in [1.807, 2.05) is 0 Å². The fourth-order valence-electron chi connectivity index (χ4n) is 2.76. The van der Waals surface area contributed by atoms with Gasteiger partial charge in [-0.25, -0.2) is 14.6 Å². The first-order valence-corrected chi connectivity index (χ1v) is 6.68. The Labute approximate surface area is 125 Å². The first-order chi connectivity index (χ1) is 10.5. The van der Waals surface area contributed by atoms with Gasteiger partial charge in [-0.2, -0.15) is 0 Å². The number of carbonyl (C=O) groups excluding carboxylic acids is 1. The molecular formula is C13H15NO8. The Bertz CT molecular complexity index is 556. The van der Waals surface area contributed by atoms with E-state index in [-0.39, 0.29) is 12.4 Å². The molecule has 0 amide bonds. The van der Waals surface area contributed by atoms with Crippen LogP contribution in [0.25, 0.3) is 0 Å². The number of aliphatic carboxylic acids is 1. The Morgan fingerprint density at radius 1 is 1.45 bits per heavy atom. The molecule has 120 valence electrons. The molecule has 0 radical (unpaired) electrons. The average molecular weight is 313 g/mol. The smallest absolute Gasteiger partial charge is 0.478 e. The normalized spacial score (nSPS) is 34.4. The molecular weight excluding hydrogens is 298 g/mol. The second-order valence-electron chi connectivity index (χ2n) is 5.06. The van der Waals surface area contributed by atoms with Crippen molar-refractivity contribution >= 4 is 18.0 Å². The number of ether oxygens (including phenoxy) is 5. The zero-order valence-corrected chi connectivity index (χ0v) is 11.9. The molecule has 0 aromatic carbocycles. The van der Waals surface area contributed by atoms with E-state index in [4.69, 9.17) is 28.8 Å². The van der Waals surface area contributed by atoms with E-state index in [1.54, 1.807) is 6.92 Å². The van der Waals surface area contributed by atoms with Crippen LogP contribution in [0.3, 0.4) is 0 Å². The van der Waals surface area contributed by atoms with Gasteiger partial charge in [0.15, 0.2) is 18.1 Å². The number of carbonyl (C=O) groups is 2. The lowest BCUT2D eigenvalue weighted by Gasteiger charge is -2.35. The van der Waals surface area contributed by atoms with Gasteiger partial charge in [0.2, 0.25) is 5.76 Å². The molecule has 0 aromatic rings. The lowest BCUT2D eigenvalue weighted by molar-refractivity contribution is -0.145. The predicted molar refractivity (Wildman–Crippen MR) is 69.4 cm³/mol. The van der Waals surface area contributed by atoms with E-state index < -0.39 is 42.6 Å². The Morgan fingerprint density at radius 3 is 2.82 bits per heavy atom. The standard InChI is InChI=1S/C13H15NO8/c1-5-14-9-6(20-5)3-7(12(15)16)21-11(9)10(18-2)8-4-19-13(17)22-8/h3,6,8-11H,4H2,1-2H3,(H,15,16)/t6-,8-,9+,10-,11-/m1/s1. The van der Waals surface area contributed by atoms with Crippen LogP contribution >= 0.6 is 0 Å². The van der Waals surface area contributed by atoms with E-state index in [2.05, 4.69) is 4.99 Å². The highest BCUT2D eigenvalue weighted by atomic mass is 16.8. The number of fused-ring (bicyclic) bond motifs is 1. The number of methoxy groups -OCH3 is 1. The molecule has 22 heavy (non-hydrogen) atoms. The lowest BCUT2D eigenvalue weighted by Crippen LogP contribution is -2.52. The van der Waals surface area contributed by atoms with Gasteiger partial charge < -0.3 is 28.8 Å². The third kappa shape index (κ3) is 2.47. The number of carboxylic acids is 1. The zero-order chi connectivity index (χ0) is 15.9. The molecule has 9 heteroatoms. The average Bonchev–Trinajstić information content (AvgIpc) is 3.04. The summed E-state index contributed by atoms with van der Waals surface area (Å²) in [5.41, 5.74) is 0. The van der Waals surface area contributed by atoms with Crippen molar-refractivity contribution in [2.75, 3.05) is 13.7 Å². The Morgan fingerprint density at radius 2 is 2.23 bits per heavy atom. The van der Waals surface area contributed by atoms with Crippen LogP contribution in [0.1, 0.15) is 6.92 Å². The van der Waals surface area contributed by atoms with Gasteiger partial charge in [-0.3, -0.25) is 0 Å². The largest absolute Gasteiger partial charge is 0.508 e. The van der Waals surface area contributed by atoms with Crippen molar-refractivity contribution in [2.24, 2.45) is 4.99 Å². The van der Waals surface area contributed by atoms with Crippen molar-refractivity contribution in [2.45, 2.75) is 37.4 Å². The summed E-state index contributed by atoms with van der Waals surface area (Å²) in [7, 11) is 1.42. The van der Waals surface area contributed by atoms with E-state index >= 15 is 0 Å². The van der Waals surface area contributed by atoms with Crippen LogP contribution in [0.4, 0.5) is 4.79 Å². The van der Waals surface area contributed by atoms with E-state index in [1.165, 1.54) is 13.2 Å². The van der Waals surface area contributed by atoms with Gasteiger partial charge in [0.05, 0.1) is 0 Å². The SMILES string of the molecule is CO[C@@H]([C@@H]1OC(C(=O)O)=C[C@H]2OC(C)=N[C@H]12)[C@H]1COC(=O)O1. The Balaban J connectivity index is 1.88. The fraction of sp³-hybridized carbons (Fsp3) is 0.615. The molecule has 5 atom stereocenters. The molecule has 3 rings (SSSR count). The molecule has 1 fully saturated rings. The summed E-state index contributed by atoms with van der Waals surface area (Å²) in [5, 5.41) is 9.17. The van der Waals surface area contributed by atoms with Crippen molar-refractivity contribution in [1.82, 2.24) is 0 Å². The molecule has 1 N–H and O–H groups in total. The van der Waals surface area contributed by atoms with Gasteiger partial charge in [0.1, 0.15) is 24.9 Å². The molecule has 0 saturated carbocycles. The highest BCUT2D eigenvalue weighted by Gasteiger charge is 2.50. The molecule has 0 spiro atoms. The molecule has 1 saturated heterocycles. The van der Waals surface area contributed by atoms with Crippen LogP contribution < -0.4 is 0 Å². The number of carboxylic acid groups (broad SMARTS) is 1. The minimum atomic E-state index is -1.22. The maximum absolute atomic E-state index is 11.2. The van der Waals surface area contributed by atoms with Gasteiger partial charge >= 0.3 is 12.1 Å². The summed E-state index contributed by atoms with van der Waals surface area (Å²) in [6.45, 7) is 1.68. The quantitative estimate of drug-likeness (QED) is 0.727. The monoisotopic (exact) mass is 313 g/mol. The van der Waals surface area contributed by atoms with Gasteiger partial charge in [-0.05, 0) is 0 Å². The van der Waals surface area contributed by atoms with Crippen LogP contribution in [0.15, 0.2) is 16.8 Å². The first-order valence-electron chi connectivity index (χ1n) is 6.68. The third-order valence-electron chi connectivity index (χ3n) is 3.68. The molecule has 0 aromatic heterocycles. The molecule has 3 heterocycles. The number of hydrogen-bond donors (Lipinski definition) is 1. The molecule has 3 aliphatic rings. The topological polar surface area (TPSA) is 113 Å². The molecule has 0 unspecified atom stereocenters. The van der Waals surface area contributed by atoms with Gasteiger partial charge in [0.25, 0.3) is 0 Å². The van der Waals surface area contributed by atoms with Crippen LogP contribution in [0, 0.1) is 0 Å². The Kier molecular flexibility index (Phi) is 3.65. The van der Waals surface area contributed by atoms with Crippen LogP contribution in [-0.4, -0.2) is 67.3 Å². The summed E-state index contributed by atoms with van der Waals surface area (Å²) < 4.78 is 26.1. The van der Waals surface area contributed by atoms with Crippen molar-refractivity contribution < 1.29 is 38.4 Å².